The number of pyridine rings is 1. The SMILES string of the molecule is O=C(O)CCCCCCc1nc(-c2cccc(F)c2)c(-c2cccnc2)o1. The van der Waals surface area contributed by atoms with Gasteiger partial charge in [0, 0.05) is 36.4 Å². The van der Waals surface area contributed by atoms with Gasteiger partial charge in [0.25, 0.3) is 0 Å². The molecule has 0 bridgehead atoms. The lowest BCUT2D eigenvalue weighted by Crippen LogP contribution is -1.94. The summed E-state index contributed by atoms with van der Waals surface area (Å²) in [7, 11) is 0. The van der Waals surface area contributed by atoms with E-state index in [1.54, 1.807) is 24.5 Å². The first-order valence-corrected chi connectivity index (χ1v) is 9.01. The molecule has 0 radical (unpaired) electrons. The average molecular weight is 368 g/mol. The largest absolute Gasteiger partial charge is 0.481 e. The minimum absolute atomic E-state index is 0.202. The second kappa shape index (κ2) is 9.07. The fourth-order valence-electron chi connectivity index (χ4n) is 2.90. The van der Waals surface area contributed by atoms with E-state index in [1.165, 1.54) is 12.1 Å². The summed E-state index contributed by atoms with van der Waals surface area (Å²) in [6, 6.07) is 9.98. The number of oxazole rings is 1. The Bertz CT molecular complexity index is 893. The number of aromatic nitrogens is 2. The maximum Gasteiger partial charge on any atom is 0.303 e. The molecule has 0 fully saturated rings. The Hall–Kier alpha value is -3.02. The van der Waals surface area contributed by atoms with Crippen molar-refractivity contribution in [1.29, 1.82) is 0 Å². The van der Waals surface area contributed by atoms with E-state index in [1.807, 2.05) is 12.1 Å². The van der Waals surface area contributed by atoms with Gasteiger partial charge in [0.1, 0.15) is 11.5 Å². The highest BCUT2D eigenvalue weighted by molar-refractivity contribution is 5.76. The van der Waals surface area contributed by atoms with Crippen LogP contribution in [0.25, 0.3) is 22.6 Å². The molecule has 140 valence electrons. The number of aliphatic carboxylic acids is 1. The Morgan fingerprint density at radius 1 is 1.07 bits per heavy atom. The summed E-state index contributed by atoms with van der Waals surface area (Å²) in [5.74, 6) is 0.0806. The van der Waals surface area contributed by atoms with Gasteiger partial charge in [-0.2, -0.15) is 0 Å². The van der Waals surface area contributed by atoms with Crippen molar-refractivity contribution >= 4 is 5.97 Å². The van der Waals surface area contributed by atoms with E-state index >= 15 is 0 Å². The zero-order valence-electron chi connectivity index (χ0n) is 14.9. The molecule has 0 aliphatic heterocycles. The van der Waals surface area contributed by atoms with Crippen LogP contribution in [0.1, 0.15) is 38.0 Å². The van der Waals surface area contributed by atoms with Crippen molar-refractivity contribution in [2.45, 2.75) is 38.5 Å². The van der Waals surface area contributed by atoms with Crippen molar-refractivity contribution in [3.63, 3.8) is 0 Å². The van der Waals surface area contributed by atoms with Gasteiger partial charge in [-0.05, 0) is 37.1 Å². The third-order valence-corrected chi connectivity index (χ3v) is 4.22. The highest BCUT2D eigenvalue weighted by Gasteiger charge is 2.17. The fraction of sp³-hybridized carbons (Fsp3) is 0.286. The standard InChI is InChI=1S/C21H21FN2O3/c22-17-9-5-7-15(13-17)20-21(16-8-6-12-23-14-16)27-18(24-20)10-3-1-2-4-11-19(25)26/h5-9,12-14H,1-4,10-11H2,(H,25,26). The van der Waals surface area contributed by atoms with Crippen molar-refractivity contribution in [2.75, 3.05) is 0 Å². The van der Waals surface area contributed by atoms with Crippen molar-refractivity contribution in [3.8, 4) is 22.6 Å². The highest BCUT2D eigenvalue weighted by atomic mass is 19.1. The topological polar surface area (TPSA) is 76.2 Å². The van der Waals surface area contributed by atoms with Crippen molar-refractivity contribution in [2.24, 2.45) is 0 Å². The number of nitrogens with zero attached hydrogens (tertiary/aromatic N) is 2. The molecule has 1 N–H and O–H groups in total. The van der Waals surface area contributed by atoms with Crippen molar-refractivity contribution in [3.05, 3.63) is 60.5 Å². The number of rotatable bonds is 9. The van der Waals surface area contributed by atoms with E-state index in [9.17, 15) is 9.18 Å². The second-order valence-electron chi connectivity index (χ2n) is 6.35. The molecule has 2 aromatic heterocycles. The number of hydrogen-bond acceptors (Lipinski definition) is 4. The van der Waals surface area contributed by atoms with Crippen LogP contribution in [0.3, 0.4) is 0 Å². The van der Waals surface area contributed by atoms with Gasteiger partial charge in [-0.3, -0.25) is 9.78 Å². The molecule has 3 rings (SSSR count). The van der Waals surface area contributed by atoms with Crippen LogP contribution in [0.15, 0.2) is 53.2 Å². The highest BCUT2D eigenvalue weighted by Crippen LogP contribution is 2.33. The monoisotopic (exact) mass is 368 g/mol. The molecule has 1 aromatic carbocycles. The van der Waals surface area contributed by atoms with Crippen LogP contribution in [-0.4, -0.2) is 21.0 Å². The molecule has 0 saturated heterocycles. The molecule has 0 amide bonds. The Kier molecular flexibility index (Phi) is 6.30. The van der Waals surface area contributed by atoms with Gasteiger partial charge in [-0.25, -0.2) is 9.37 Å². The number of carboxylic acids is 1. The zero-order valence-corrected chi connectivity index (χ0v) is 14.9. The van der Waals surface area contributed by atoms with Gasteiger partial charge in [0.15, 0.2) is 11.7 Å². The van der Waals surface area contributed by atoms with E-state index in [0.717, 1.165) is 24.8 Å². The summed E-state index contributed by atoms with van der Waals surface area (Å²) >= 11 is 0. The van der Waals surface area contributed by atoms with E-state index in [0.29, 0.717) is 35.7 Å². The Morgan fingerprint density at radius 3 is 2.63 bits per heavy atom. The summed E-state index contributed by atoms with van der Waals surface area (Å²) in [5.41, 5.74) is 2.05. The number of benzene rings is 1. The first-order chi connectivity index (χ1) is 13.1. The number of hydrogen-bond donors (Lipinski definition) is 1. The maximum absolute atomic E-state index is 13.7. The zero-order chi connectivity index (χ0) is 19.1. The minimum atomic E-state index is -0.761. The molecular weight excluding hydrogens is 347 g/mol. The molecule has 0 unspecified atom stereocenters. The van der Waals surface area contributed by atoms with Gasteiger partial charge in [-0.1, -0.05) is 25.0 Å². The first kappa shape index (κ1) is 18.8. The van der Waals surface area contributed by atoms with E-state index in [-0.39, 0.29) is 12.2 Å². The van der Waals surface area contributed by atoms with Crippen LogP contribution < -0.4 is 0 Å². The lowest BCUT2D eigenvalue weighted by atomic mass is 10.1. The van der Waals surface area contributed by atoms with Gasteiger partial charge < -0.3 is 9.52 Å². The molecule has 0 atom stereocenters. The van der Waals surface area contributed by atoms with Crippen LogP contribution >= 0.6 is 0 Å². The van der Waals surface area contributed by atoms with Gasteiger partial charge in [0.05, 0.1) is 0 Å². The molecule has 27 heavy (non-hydrogen) atoms. The van der Waals surface area contributed by atoms with Crippen LogP contribution in [0.4, 0.5) is 4.39 Å². The summed E-state index contributed by atoms with van der Waals surface area (Å²) in [4.78, 5) is 19.2. The van der Waals surface area contributed by atoms with E-state index < -0.39 is 5.97 Å². The third-order valence-electron chi connectivity index (χ3n) is 4.22. The molecule has 0 aliphatic carbocycles. The quantitative estimate of drug-likeness (QED) is 0.531. The molecular formula is C21H21FN2O3. The molecule has 5 nitrogen and oxygen atoms in total. The maximum atomic E-state index is 13.7. The normalized spacial score (nSPS) is 10.9. The summed E-state index contributed by atoms with van der Waals surface area (Å²) in [5, 5.41) is 8.66. The van der Waals surface area contributed by atoms with E-state index in [2.05, 4.69) is 9.97 Å². The number of unbranched alkanes of at least 4 members (excludes halogenated alkanes) is 3. The Labute approximate surface area is 156 Å². The summed E-state index contributed by atoms with van der Waals surface area (Å²) in [6.45, 7) is 0. The van der Waals surface area contributed by atoms with Crippen LogP contribution in [-0.2, 0) is 11.2 Å². The van der Waals surface area contributed by atoms with Gasteiger partial charge >= 0.3 is 5.97 Å². The predicted octanol–water partition coefficient (Wildman–Crippen LogP) is 5.12. The van der Waals surface area contributed by atoms with Gasteiger partial charge in [0.2, 0.25) is 0 Å². The molecule has 0 saturated carbocycles. The molecule has 6 heteroatoms. The lowest BCUT2D eigenvalue weighted by molar-refractivity contribution is -0.137. The molecule has 2 heterocycles. The van der Waals surface area contributed by atoms with Crippen LogP contribution in [0, 0.1) is 5.82 Å². The van der Waals surface area contributed by atoms with Crippen LogP contribution in [0.5, 0.6) is 0 Å². The van der Waals surface area contributed by atoms with Crippen molar-refractivity contribution < 1.29 is 18.7 Å². The molecule has 0 spiro atoms. The predicted molar refractivity (Wildman–Crippen MR) is 99.6 cm³/mol. The Balaban J connectivity index is 1.75. The van der Waals surface area contributed by atoms with Crippen LogP contribution in [0.2, 0.25) is 0 Å². The number of carbonyl (C=O) groups is 1. The average Bonchev–Trinajstić information content (AvgIpc) is 3.09. The fourth-order valence-corrected chi connectivity index (χ4v) is 2.90. The van der Waals surface area contributed by atoms with Gasteiger partial charge in [-0.15, -0.1) is 0 Å². The minimum Gasteiger partial charge on any atom is -0.481 e. The smallest absolute Gasteiger partial charge is 0.303 e. The van der Waals surface area contributed by atoms with E-state index in [4.69, 9.17) is 9.52 Å². The number of halogens is 1. The Morgan fingerprint density at radius 2 is 1.89 bits per heavy atom. The second-order valence-corrected chi connectivity index (χ2v) is 6.35. The molecule has 0 aliphatic rings. The summed E-state index contributed by atoms with van der Waals surface area (Å²) in [6.07, 6.45) is 7.53. The lowest BCUT2D eigenvalue weighted by Gasteiger charge is -2.01. The number of aryl methyl sites for hydroxylation is 1. The summed E-state index contributed by atoms with van der Waals surface area (Å²) < 4.78 is 19.6. The van der Waals surface area contributed by atoms with Crippen molar-refractivity contribution in [1.82, 2.24) is 9.97 Å². The third kappa shape index (κ3) is 5.23. The first-order valence-electron chi connectivity index (χ1n) is 9.01. The molecule has 3 aromatic rings. The number of carboxylic acid groups (broad SMARTS) is 1.